The van der Waals surface area contributed by atoms with Crippen LogP contribution in [0.2, 0.25) is 0 Å². The monoisotopic (exact) mass is 323 g/mol. The normalized spacial score (nSPS) is 12.1. The highest BCUT2D eigenvalue weighted by atomic mass is 32.2. The zero-order valence-electron chi connectivity index (χ0n) is 11.6. The van der Waals surface area contributed by atoms with Crippen molar-refractivity contribution in [3.63, 3.8) is 0 Å². The summed E-state index contributed by atoms with van der Waals surface area (Å²) >= 11 is 0.667. The zero-order chi connectivity index (χ0) is 16.3. The van der Waals surface area contributed by atoms with Crippen molar-refractivity contribution in [2.45, 2.75) is 6.04 Å². The van der Waals surface area contributed by atoms with Gasteiger partial charge in [-0.15, -0.1) is 0 Å². The first-order chi connectivity index (χ1) is 10.4. The SMILES string of the molecule is COc1ccc2cc(C(=O)SC[C@H](N)C(=O)O)c(=O)oc2c1. The van der Waals surface area contributed by atoms with E-state index in [2.05, 4.69) is 0 Å². The maximum absolute atomic E-state index is 12.0. The molecule has 0 saturated heterocycles. The van der Waals surface area contributed by atoms with Crippen molar-refractivity contribution >= 4 is 33.8 Å². The molecule has 0 aliphatic rings. The van der Waals surface area contributed by atoms with E-state index < -0.39 is 22.8 Å². The molecule has 1 atom stereocenters. The Hall–Kier alpha value is -2.32. The minimum absolute atomic E-state index is 0.131. The fraction of sp³-hybridized carbons (Fsp3) is 0.214. The minimum atomic E-state index is -1.21. The second-order valence-electron chi connectivity index (χ2n) is 4.39. The lowest BCUT2D eigenvalue weighted by molar-refractivity contribution is -0.137. The molecule has 7 nitrogen and oxygen atoms in total. The summed E-state index contributed by atoms with van der Waals surface area (Å²) in [7, 11) is 1.49. The van der Waals surface area contributed by atoms with Gasteiger partial charge in [0.2, 0.25) is 5.12 Å². The summed E-state index contributed by atoms with van der Waals surface area (Å²) in [6.07, 6.45) is 0. The molecule has 22 heavy (non-hydrogen) atoms. The van der Waals surface area contributed by atoms with E-state index in [1.54, 1.807) is 18.2 Å². The number of hydrogen-bond acceptors (Lipinski definition) is 7. The number of carbonyl (C=O) groups is 2. The molecule has 0 amide bonds. The lowest BCUT2D eigenvalue weighted by Gasteiger charge is -2.05. The highest BCUT2D eigenvalue weighted by molar-refractivity contribution is 8.14. The summed E-state index contributed by atoms with van der Waals surface area (Å²) in [6, 6.07) is 5.09. The third kappa shape index (κ3) is 3.46. The van der Waals surface area contributed by atoms with Crippen molar-refractivity contribution in [3.8, 4) is 5.75 Å². The van der Waals surface area contributed by atoms with Gasteiger partial charge >= 0.3 is 11.6 Å². The Balaban J connectivity index is 2.27. The molecule has 1 aromatic heterocycles. The van der Waals surface area contributed by atoms with E-state index in [-0.39, 0.29) is 11.3 Å². The van der Waals surface area contributed by atoms with Crippen LogP contribution in [0.3, 0.4) is 0 Å². The molecule has 0 spiro atoms. The van der Waals surface area contributed by atoms with Crippen molar-refractivity contribution in [1.82, 2.24) is 0 Å². The molecule has 2 rings (SSSR count). The number of rotatable bonds is 5. The molecule has 1 heterocycles. The van der Waals surface area contributed by atoms with Crippen LogP contribution in [0, 0.1) is 0 Å². The van der Waals surface area contributed by atoms with Crippen LogP contribution in [0.4, 0.5) is 0 Å². The van der Waals surface area contributed by atoms with Gasteiger partial charge < -0.3 is 20.0 Å². The van der Waals surface area contributed by atoms with Crippen LogP contribution in [-0.2, 0) is 4.79 Å². The number of ether oxygens (including phenoxy) is 1. The molecule has 0 saturated carbocycles. The lowest BCUT2D eigenvalue weighted by atomic mass is 10.2. The highest BCUT2D eigenvalue weighted by Crippen LogP contribution is 2.21. The Morgan fingerprint density at radius 3 is 2.77 bits per heavy atom. The first-order valence-electron chi connectivity index (χ1n) is 6.20. The summed E-state index contributed by atoms with van der Waals surface area (Å²) in [5.74, 6) is -0.816. The Morgan fingerprint density at radius 1 is 1.41 bits per heavy atom. The summed E-state index contributed by atoms with van der Waals surface area (Å²) in [6.45, 7) is 0. The van der Waals surface area contributed by atoms with E-state index in [0.29, 0.717) is 28.5 Å². The van der Waals surface area contributed by atoms with Crippen LogP contribution in [-0.4, -0.2) is 35.1 Å². The van der Waals surface area contributed by atoms with Crippen LogP contribution in [0.5, 0.6) is 5.75 Å². The van der Waals surface area contributed by atoms with E-state index in [1.165, 1.54) is 13.2 Å². The number of nitrogens with two attached hydrogens (primary N) is 1. The van der Waals surface area contributed by atoms with Crippen LogP contribution in [0.15, 0.2) is 33.5 Å². The van der Waals surface area contributed by atoms with Crippen LogP contribution < -0.4 is 16.1 Å². The Labute approximate surface area is 129 Å². The van der Waals surface area contributed by atoms with Crippen LogP contribution in [0.1, 0.15) is 10.4 Å². The van der Waals surface area contributed by atoms with Crippen molar-refractivity contribution in [2.24, 2.45) is 5.73 Å². The van der Waals surface area contributed by atoms with Gasteiger partial charge in [-0.25, -0.2) is 4.79 Å². The van der Waals surface area contributed by atoms with Gasteiger partial charge in [0.05, 0.1) is 7.11 Å². The van der Waals surface area contributed by atoms with Crippen molar-refractivity contribution in [3.05, 3.63) is 40.2 Å². The number of carbonyl (C=O) groups excluding carboxylic acids is 1. The number of carboxylic acids is 1. The van der Waals surface area contributed by atoms with Gasteiger partial charge in [0.1, 0.15) is 22.9 Å². The maximum Gasteiger partial charge on any atom is 0.348 e. The second kappa shape index (κ2) is 6.63. The van der Waals surface area contributed by atoms with E-state index in [9.17, 15) is 14.4 Å². The fourth-order valence-electron chi connectivity index (χ4n) is 1.68. The Bertz CT molecular complexity index is 784. The standard InChI is InChI=1S/C14H13NO6S/c1-20-8-3-2-7-4-9(13(18)21-11(7)5-8)14(19)22-6-10(15)12(16)17/h2-5,10H,6,15H2,1H3,(H,16,17)/t10-/m0/s1. The number of thioether (sulfide) groups is 1. The van der Waals surface area contributed by atoms with Gasteiger partial charge in [-0.1, -0.05) is 11.8 Å². The summed E-state index contributed by atoms with van der Waals surface area (Å²) in [5, 5.41) is 8.65. The van der Waals surface area contributed by atoms with Gasteiger partial charge in [-0.05, 0) is 18.2 Å². The van der Waals surface area contributed by atoms with Crippen molar-refractivity contribution in [1.29, 1.82) is 0 Å². The predicted molar refractivity (Wildman–Crippen MR) is 81.4 cm³/mol. The number of aliphatic carboxylic acids is 1. The lowest BCUT2D eigenvalue weighted by Crippen LogP contribution is -2.33. The summed E-state index contributed by atoms with van der Waals surface area (Å²) in [5.41, 5.74) is 4.67. The topological polar surface area (TPSA) is 120 Å². The fourth-order valence-corrected chi connectivity index (χ4v) is 2.45. The molecular weight excluding hydrogens is 310 g/mol. The molecule has 3 N–H and O–H groups in total. The average molecular weight is 323 g/mol. The Kier molecular flexibility index (Phi) is 4.84. The first-order valence-corrected chi connectivity index (χ1v) is 7.18. The molecule has 0 radical (unpaired) electrons. The molecular formula is C14H13NO6S. The van der Waals surface area contributed by atoms with Gasteiger partial charge in [0, 0.05) is 17.2 Å². The molecule has 0 unspecified atom stereocenters. The number of benzene rings is 1. The largest absolute Gasteiger partial charge is 0.497 e. The van der Waals surface area contributed by atoms with Crippen LogP contribution >= 0.6 is 11.8 Å². The van der Waals surface area contributed by atoms with E-state index in [4.69, 9.17) is 20.0 Å². The number of hydrogen-bond donors (Lipinski definition) is 2. The van der Waals surface area contributed by atoms with Crippen LogP contribution in [0.25, 0.3) is 11.0 Å². The smallest absolute Gasteiger partial charge is 0.348 e. The maximum atomic E-state index is 12.0. The third-order valence-corrected chi connectivity index (χ3v) is 3.88. The second-order valence-corrected chi connectivity index (χ2v) is 5.39. The minimum Gasteiger partial charge on any atom is -0.497 e. The quantitative estimate of drug-likeness (QED) is 0.785. The number of fused-ring (bicyclic) bond motifs is 1. The average Bonchev–Trinajstić information content (AvgIpc) is 2.50. The number of methoxy groups -OCH3 is 1. The molecule has 0 aliphatic carbocycles. The Morgan fingerprint density at radius 2 is 2.14 bits per heavy atom. The molecule has 8 heteroatoms. The number of carboxylic acid groups (broad SMARTS) is 1. The molecule has 1 aromatic carbocycles. The van der Waals surface area contributed by atoms with Gasteiger partial charge in [0.25, 0.3) is 0 Å². The van der Waals surface area contributed by atoms with Gasteiger partial charge in [0.15, 0.2) is 0 Å². The third-order valence-electron chi connectivity index (χ3n) is 2.87. The summed E-state index contributed by atoms with van der Waals surface area (Å²) in [4.78, 5) is 34.5. The van der Waals surface area contributed by atoms with Gasteiger partial charge in [-0.3, -0.25) is 9.59 Å². The summed E-state index contributed by atoms with van der Waals surface area (Å²) < 4.78 is 10.1. The highest BCUT2D eigenvalue weighted by Gasteiger charge is 2.18. The van der Waals surface area contributed by atoms with E-state index >= 15 is 0 Å². The molecule has 0 aliphatic heterocycles. The van der Waals surface area contributed by atoms with Crippen molar-refractivity contribution in [2.75, 3.05) is 12.9 Å². The molecule has 2 aromatic rings. The first kappa shape index (κ1) is 16.1. The zero-order valence-corrected chi connectivity index (χ0v) is 12.4. The van der Waals surface area contributed by atoms with E-state index in [0.717, 1.165) is 0 Å². The van der Waals surface area contributed by atoms with E-state index in [1.807, 2.05) is 0 Å². The molecule has 116 valence electrons. The predicted octanol–water partition coefficient (Wildman–Crippen LogP) is 1.09. The van der Waals surface area contributed by atoms with Gasteiger partial charge in [-0.2, -0.15) is 0 Å². The molecule has 0 fully saturated rings. The molecule has 0 bridgehead atoms. The van der Waals surface area contributed by atoms with Crippen molar-refractivity contribution < 1.29 is 23.8 Å².